The van der Waals surface area contributed by atoms with E-state index in [1.54, 1.807) is 36.7 Å². The summed E-state index contributed by atoms with van der Waals surface area (Å²) >= 11 is 5.77. The molecule has 0 aliphatic rings. The average Bonchev–Trinajstić information content (AvgIpc) is 2.81. The van der Waals surface area contributed by atoms with Crippen LogP contribution in [0.3, 0.4) is 0 Å². The monoisotopic (exact) mass is 467 g/mol. The van der Waals surface area contributed by atoms with Gasteiger partial charge < -0.3 is 20.0 Å². The van der Waals surface area contributed by atoms with Gasteiger partial charge in [-0.2, -0.15) is 0 Å². The van der Waals surface area contributed by atoms with E-state index in [-0.39, 0.29) is 29.2 Å². The number of hydrogen-bond acceptors (Lipinski definition) is 6. The minimum absolute atomic E-state index is 0.0146. The van der Waals surface area contributed by atoms with Crippen LogP contribution in [-0.2, 0) is 0 Å². The normalized spacial score (nSPS) is 11.8. The third-order valence-corrected chi connectivity index (χ3v) is 5.31. The second kappa shape index (κ2) is 9.76. The quantitative estimate of drug-likeness (QED) is 0.383. The summed E-state index contributed by atoms with van der Waals surface area (Å²) in [7, 11) is 0. The van der Waals surface area contributed by atoms with Crippen molar-refractivity contribution >= 4 is 23.2 Å². The van der Waals surface area contributed by atoms with E-state index in [4.69, 9.17) is 11.6 Å². The highest BCUT2D eigenvalue weighted by molar-refractivity contribution is 6.30. The number of aromatic nitrogens is 4. The molecule has 4 aromatic rings. The van der Waals surface area contributed by atoms with E-state index in [0.717, 1.165) is 0 Å². The molecule has 3 N–H and O–H groups in total. The minimum Gasteiger partial charge on any atom is -0.396 e. The van der Waals surface area contributed by atoms with Gasteiger partial charge in [0.1, 0.15) is 5.82 Å². The number of rotatable bonds is 7. The molecule has 10 heteroatoms. The Morgan fingerprint density at radius 3 is 2.70 bits per heavy atom. The fraction of sp³-hybridized carbons (Fsp3) is 0.130. The van der Waals surface area contributed by atoms with Crippen molar-refractivity contribution in [3.63, 3.8) is 0 Å². The SMILES string of the molecule is O=c1ccc(Nc2nccc(-c3ccn(C(CCO)c4ccc(Cl)c(F)c4)c(=O)c3)n2)c[nH]1. The average molecular weight is 468 g/mol. The van der Waals surface area contributed by atoms with Gasteiger partial charge in [0.2, 0.25) is 11.5 Å². The van der Waals surface area contributed by atoms with Crippen molar-refractivity contribution < 1.29 is 9.50 Å². The lowest BCUT2D eigenvalue weighted by Gasteiger charge is -2.20. The zero-order valence-corrected chi connectivity index (χ0v) is 18.0. The summed E-state index contributed by atoms with van der Waals surface area (Å²) in [5, 5.41) is 12.5. The molecule has 1 atom stereocenters. The van der Waals surface area contributed by atoms with Gasteiger partial charge in [-0.05, 0) is 42.3 Å². The Bertz CT molecular complexity index is 1380. The maximum atomic E-state index is 14.0. The Balaban J connectivity index is 1.64. The summed E-state index contributed by atoms with van der Waals surface area (Å²) in [6.45, 7) is -0.186. The third-order valence-electron chi connectivity index (χ3n) is 5.01. The maximum absolute atomic E-state index is 14.0. The van der Waals surface area contributed by atoms with Crippen LogP contribution in [0.4, 0.5) is 16.0 Å². The van der Waals surface area contributed by atoms with Gasteiger partial charge in [0.05, 0.1) is 22.4 Å². The van der Waals surface area contributed by atoms with Gasteiger partial charge >= 0.3 is 0 Å². The van der Waals surface area contributed by atoms with Gasteiger partial charge in [0.25, 0.3) is 5.56 Å². The van der Waals surface area contributed by atoms with Gasteiger partial charge in [-0.25, -0.2) is 14.4 Å². The van der Waals surface area contributed by atoms with Gasteiger partial charge in [0.15, 0.2) is 0 Å². The highest BCUT2D eigenvalue weighted by Crippen LogP contribution is 2.26. The summed E-state index contributed by atoms with van der Waals surface area (Å²) in [5.41, 5.74) is 1.64. The van der Waals surface area contributed by atoms with E-state index in [1.807, 2.05) is 0 Å². The first-order valence-corrected chi connectivity index (χ1v) is 10.4. The van der Waals surface area contributed by atoms with Crippen molar-refractivity contribution in [3.8, 4) is 11.3 Å². The van der Waals surface area contributed by atoms with Gasteiger partial charge in [-0.15, -0.1) is 0 Å². The van der Waals surface area contributed by atoms with Gasteiger partial charge in [0, 0.05) is 42.9 Å². The molecule has 0 amide bonds. The van der Waals surface area contributed by atoms with Crippen molar-refractivity contribution in [2.45, 2.75) is 12.5 Å². The molecule has 4 rings (SSSR count). The fourth-order valence-corrected chi connectivity index (χ4v) is 3.53. The zero-order chi connectivity index (χ0) is 23.4. The molecule has 33 heavy (non-hydrogen) atoms. The number of benzene rings is 1. The smallest absolute Gasteiger partial charge is 0.251 e. The van der Waals surface area contributed by atoms with Crippen LogP contribution >= 0.6 is 11.6 Å². The van der Waals surface area contributed by atoms with Crippen LogP contribution in [0.2, 0.25) is 5.02 Å². The van der Waals surface area contributed by atoms with E-state index >= 15 is 0 Å². The van der Waals surface area contributed by atoms with Crippen molar-refractivity contribution in [3.05, 3.63) is 104 Å². The van der Waals surface area contributed by atoms with E-state index in [0.29, 0.717) is 28.5 Å². The molecular weight excluding hydrogens is 449 g/mol. The third kappa shape index (κ3) is 5.16. The molecule has 0 fully saturated rings. The van der Waals surface area contributed by atoms with Crippen LogP contribution in [0.25, 0.3) is 11.3 Å². The number of aromatic amines is 1. The zero-order valence-electron chi connectivity index (χ0n) is 17.2. The van der Waals surface area contributed by atoms with Gasteiger partial charge in [-0.3, -0.25) is 9.59 Å². The van der Waals surface area contributed by atoms with Crippen LogP contribution < -0.4 is 16.4 Å². The molecule has 0 aliphatic heterocycles. The first-order chi connectivity index (χ1) is 15.9. The first kappa shape index (κ1) is 22.4. The largest absolute Gasteiger partial charge is 0.396 e. The molecule has 3 heterocycles. The summed E-state index contributed by atoms with van der Waals surface area (Å²) < 4.78 is 15.4. The summed E-state index contributed by atoms with van der Waals surface area (Å²) in [6.07, 6.45) is 4.86. The maximum Gasteiger partial charge on any atom is 0.251 e. The molecule has 168 valence electrons. The van der Waals surface area contributed by atoms with Crippen LogP contribution in [0.5, 0.6) is 0 Å². The Morgan fingerprint density at radius 1 is 1.15 bits per heavy atom. The van der Waals surface area contributed by atoms with E-state index in [2.05, 4.69) is 20.3 Å². The molecule has 1 unspecified atom stereocenters. The lowest BCUT2D eigenvalue weighted by molar-refractivity contribution is 0.266. The molecule has 8 nitrogen and oxygen atoms in total. The lowest BCUT2D eigenvalue weighted by atomic mass is 10.0. The fourth-order valence-electron chi connectivity index (χ4n) is 3.41. The molecule has 0 saturated carbocycles. The second-order valence-electron chi connectivity index (χ2n) is 7.19. The Morgan fingerprint density at radius 2 is 2.00 bits per heavy atom. The topological polar surface area (TPSA) is 113 Å². The van der Waals surface area contributed by atoms with Crippen molar-refractivity contribution in [1.82, 2.24) is 19.5 Å². The Kier molecular flexibility index (Phi) is 6.62. The molecule has 3 aromatic heterocycles. The highest BCUT2D eigenvalue weighted by atomic mass is 35.5. The second-order valence-corrected chi connectivity index (χ2v) is 7.60. The number of halogens is 2. The van der Waals surface area contributed by atoms with Crippen LogP contribution in [-0.4, -0.2) is 31.2 Å². The summed E-state index contributed by atoms with van der Waals surface area (Å²) in [4.78, 5) is 35.3. The van der Waals surface area contributed by atoms with E-state index < -0.39 is 11.9 Å². The van der Waals surface area contributed by atoms with Crippen molar-refractivity contribution in [2.75, 3.05) is 11.9 Å². The number of H-pyrrole nitrogens is 1. The lowest BCUT2D eigenvalue weighted by Crippen LogP contribution is -2.25. The van der Waals surface area contributed by atoms with Crippen molar-refractivity contribution in [2.24, 2.45) is 0 Å². The number of hydrogen-bond donors (Lipinski definition) is 3. The minimum atomic E-state index is -0.592. The van der Waals surface area contributed by atoms with E-state index in [9.17, 15) is 19.1 Å². The molecule has 0 saturated heterocycles. The molecular formula is C23H19ClFN5O3. The van der Waals surface area contributed by atoms with Crippen LogP contribution in [0.15, 0.2) is 76.7 Å². The number of aliphatic hydroxyl groups is 1. The summed E-state index contributed by atoms with van der Waals surface area (Å²) in [6, 6.07) is 11.5. The number of aliphatic hydroxyl groups excluding tert-OH is 1. The molecule has 1 aromatic carbocycles. The number of nitrogens with zero attached hydrogens (tertiary/aromatic N) is 3. The predicted molar refractivity (Wildman–Crippen MR) is 123 cm³/mol. The molecule has 0 aliphatic carbocycles. The summed E-state index contributed by atoms with van der Waals surface area (Å²) in [5.74, 6) is -0.302. The number of pyridine rings is 2. The van der Waals surface area contributed by atoms with Crippen molar-refractivity contribution in [1.29, 1.82) is 0 Å². The predicted octanol–water partition coefficient (Wildman–Crippen LogP) is 3.50. The van der Waals surface area contributed by atoms with Gasteiger partial charge in [-0.1, -0.05) is 17.7 Å². The Hall–Kier alpha value is -3.82. The molecule has 0 spiro atoms. The van der Waals surface area contributed by atoms with Crippen LogP contribution in [0, 0.1) is 5.82 Å². The Labute approximate surface area is 192 Å². The molecule has 0 bridgehead atoms. The first-order valence-electron chi connectivity index (χ1n) is 10.0. The van der Waals surface area contributed by atoms with Crippen LogP contribution in [0.1, 0.15) is 18.0 Å². The molecule has 0 radical (unpaired) electrons. The standard InChI is InChI=1S/C23H19ClFN5O3/c24-17-3-1-15(11-18(17)25)20(7-10-31)30-9-6-14(12-22(30)33)19-5-8-26-23(29-19)28-16-2-4-21(32)27-13-16/h1-6,8-9,11-13,20,31H,7,10H2,(H,27,32)(H,26,28,29). The highest BCUT2D eigenvalue weighted by Gasteiger charge is 2.17. The number of anilines is 2. The number of nitrogens with one attached hydrogen (secondary N) is 2. The van der Waals surface area contributed by atoms with E-state index in [1.165, 1.54) is 35.0 Å².